The number of Topliss-reactive ketones (excluding diaryl/α,β-unsaturated/α-hetero) is 1. The lowest BCUT2D eigenvalue weighted by atomic mass is 9.48. The van der Waals surface area contributed by atoms with Crippen LogP contribution in [0.2, 0.25) is 0 Å². The number of carbonyl (C=O) groups excluding carboxylic acids is 1. The number of aliphatic hydroxyl groups is 1. The molecular weight excluding hydrogens is 348 g/mol. The molecule has 0 aromatic carbocycles. The van der Waals surface area contributed by atoms with Gasteiger partial charge in [0.05, 0.1) is 12.3 Å². The van der Waals surface area contributed by atoms with Gasteiger partial charge in [-0.25, -0.2) is 0 Å². The number of rotatable bonds is 1. The first-order chi connectivity index (χ1) is 13.3. The average molecular weight is 381 g/mol. The Hall–Kier alpha value is -1.68. The maximum absolute atomic E-state index is 13.4. The number of aryl methyl sites for hydroxylation is 1. The highest BCUT2D eigenvalue weighted by Gasteiger charge is 2.59. The topological polar surface area (TPSA) is 55.1 Å². The van der Waals surface area contributed by atoms with Crippen molar-refractivity contribution in [3.8, 4) is 0 Å². The Morgan fingerprint density at radius 2 is 1.96 bits per heavy atom. The molecule has 0 amide bonds. The molecule has 4 heteroatoms. The molecule has 1 N–H and O–H groups in total. The first-order valence-electron chi connectivity index (χ1n) is 10.9. The van der Waals surface area contributed by atoms with Gasteiger partial charge in [0.1, 0.15) is 0 Å². The molecule has 0 radical (unpaired) electrons. The van der Waals surface area contributed by atoms with E-state index >= 15 is 0 Å². The minimum atomic E-state index is -0.203. The van der Waals surface area contributed by atoms with E-state index in [1.807, 2.05) is 19.4 Å². The Kier molecular flexibility index (Phi) is 4.04. The molecule has 0 spiro atoms. The molecule has 5 rings (SSSR count). The van der Waals surface area contributed by atoms with Crippen LogP contribution >= 0.6 is 0 Å². The number of hydrogen-bond acceptors (Lipinski definition) is 3. The van der Waals surface area contributed by atoms with Crippen molar-refractivity contribution < 1.29 is 9.90 Å². The van der Waals surface area contributed by atoms with Crippen molar-refractivity contribution in [3.63, 3.8) is 0 Å². The average Bonchev–Trinajstić information content (AvgIpc) is 3.18. The minimum Gasteiger partial charge on any atom is -0.393 e. The van der Waals surface area contributed by atoms with E-state index in [2.05, 4.69) is 31.1 Å². The summed E-state index contributed by atoms with van der Waals surface area (Å²) in [5.41, 5.74) is 3.54. The second kappa shape index (κ2) is 6.16. The van der Waals surface area contributed by atoms with E-state index in [9.17, 15) is 9.90 Å². The Morgan fingerprint density at radius 1 is 1.18 bits per heavy atom. The summed E-state index contributed by atoms with van der Waals surface area (Å²) in [6.45, 7) is 4.67. The Bertz CT molecular complexity index is 881. The van der Waals surface area contributed by atoms with E-state index < -0.39 is 0 Å². The van der Waals surface area contributed by atoms with Crippen molar-refractivity contribution in [1.29, 1.82) is 0 Å². The summed E-state index contributed by atoms with van der Waals surface area (Å²) < 4.78 is 1.79. The summed E-state index contributed by atoms with van der Waals surface area (Å²) in [6.07, 6.45) is 15.2. The molecule has 4 aliphatic rings. The van der Waals surface area contributed by atoms with Crippen molar-refractivity contribution >= 4 is 11.9 Å². The lowest BCUT2D eigenvalue weighted by molar-refractivity contribution is -0.130. The molecule has 0 unspecified atom stereocenters. The predicted molar refractivity (Wildman–Crippen MR) is 109 cm³/mol. The fourth-order valence-corrected chi connectivity index (χ4v) is 7.16. The number of aromatic nitrogens is 2. The van der Waals surface area contributed by atoms with Gasteiger partial charge >= 0.3 is 0 Å². The summed E-state index contributed by atoms with van der Waals surface area (Å²) >= 11 is 0. The third kappa shape index (κ3) is 2.53. The molecule has 0 bridgehead atoms. The van der Waals surface area contributed by atoms with Crippen LogP contribution in [0.4, 0.5) is 0 Å². The maximum Gasteiger partial charge on any atom is 0.165 e. The number of aliphatic hydroxyl groups excluding tert-OH is 1. The normalized spacial score (nSPS) is 44.1. The van der Waals surface area contributed by atoms with Gasteiger partial charge in [0.2, 0.25) is 0 Å². The first kappa shape index (κ1) is 18.4. The van der Waals surface area contributed by atoms with Crippen LogP contribution in [0.25, 0.3) is 6.08 Å². The van der Waals surface area contributed by atoms with Crippen LogP contribution < -0.4 is 0 Å². The standard InChI is InChI=1S/C24H32N2O2/c1-23-8-6-18(27)12-17(23)4-5-19-20(23)7-9-24(2)21(19)11-16(22(24)28)10-15-13-25-26(3)14-15/h4,10,13-14,18-21,27H,5-9,11-12H2,1-3H3/b16-10-/t18-,19-,20+,21+,23+,24+/m1/s1. The summed E-state index contributed by atoms with van der Waals surface area (Å²) in [4.78, 5) is 13.4. The van der Waals surface area contributed by atoms with Gasteiger partial charge in [-0.3, -0.25) is 9.48 Å². The van der Waals surface area contributed by atoms with Crippen LogP contribution in [-0.4, -0.2) is 26.8 Å². The second-order valence-corrected chi connectivity index (χ2v) is 10.3. The number of carbonyl (C=O) groups is 1. The fraction of sp³-hybridized carbons (Fsp3) is 0.667. The third-order valence-corrected chi connectivity index (χ3v) is 8.78. The zero-order chi connectivity index (χ0) is 19.7. The highest BCUT2D eigenvalue weighted by Crippen LogP contribution is 2.64. The zero-order valence-electron chi connectivity index (χ0n) is 17.3. The van der Waals surface area contributed by atoms with E-state index in [1.165, 1.54) is 5.57 Å². The van der Waals surface area contributed by atoms with Crippen molar-refractivity contribution in [2.45, 2.75) is 64.9 Å². The van der Waals surface area contributed by atoms with Crippen LogP contribution in [0.1, 0.15) is 64.4 Å². The molecule has 6 atom stereocenters. The molecule has 0 aliphatic heterocycles. The second-order valence-electron chi connectivity index (χ2n) is 10.3. The summed E-state index contributed by atoms with van der Waals surface area (Å²) in [5.74, 6) is 2.07. The van der Waals surface area contributed by atoms with E-state index in [-0.39, 0.29) is 16.9 Å². The van der Waals surface area contributed by atoms with Crippen molar-refractivity contribution in [2.24, 2.45) is 35.6 Å². The molecule has 4 aliphatic carbocycles. The zero-order valence-corrected chi connectivity index (χ0v) is 17.3. The van der Waals surface area contributed by atoms with Gasteiger partial charge in [0.15, 0.2) is 5.78 Å². The largest absolute Gasteiger partial charge is 0.393 e. The monoisotopic (exact) mass is 380 g/mol. The number of nitrogens with zero attached hydrogens (tertiary/aromatic N) is 2. The Balaban J connectivity index is 1.48. The molecule has 1 aromatic heterocycles. The third-order valence-electron chi connectivity index (χ3n) is 8.78. The Labute approximate surface area is 167 Å². The number of hydrogen-bond donors (Lipinski definition) is 1. The van der Waals surface area contributed by atoms with Crippen LogP contribution in [0, 0.1) is 28.6 Å². The molecule has 1 aromatic rings. The van der Waals surface area contributed by atoms with Crippen LogP contribution in [0.15, 0.2) is 29.6 Å². The SMILES string of the molecule is Cn1cc(/C=C2/C[C@H]3[C@@H]4CC=C5C[C@H](O)CC[C@]5(C)[C@H]4CC[C@]3(C)C2=O)cn1. The van der Waals surface area contributed by atoms with Gasteiger partial charge in [-0.1, -0.05) is 25.5 Å². The summed E-state index contributed by atoms with van der Waals surface area (Å²) in [5, 5.41) is 14.4. The van der Waals surface area contributed by atoms with E-state index in [0.717, 1.165) is 56.1 Å². The van der Waals surface area contributed by atoms with Crippen molar-refractivity contribution in [2.75, 3.05) is 0 Å². The molecule has 0 saturated heterocycles. The predicted octanol–water partition coefficient (Wildman–Crippen LogP) is 4.31. The van der Waals surface area contributed by atoms with Gasteiger partial charge in [0, 0.05) is 24.2 Å². The van der Waals surface area contributed by atoms with Crippen LogP contribution in [0.3, 0.4) is 0 Å². The quantitative estimate of drug-likeness (QED) is 0.583. The molecule has 1 heterocycles. The van der Waals surface area contributed by atoms with E-state index in [0.29, 0.717) is 23.5 Å². The minimum absolute atomic E-state index is 0.160. The van der Waals surface area contributed by atoms with Gasteiger partial charge < -0.3 is 5.11 Å². The van der Waals surface area contributed by atoms with Crippen molar-refractivity contribution in [3.05, 3.63) is 35.2 Å². The van der Waals surface area contributed by atoms with Crippen LogP contribution in [0.5, 0.6) is 0 Å². The molecule has 28 heavy (non-hydrogen) atoms. The molecular formula is C24H32N2O2. The Morgan fingerprint density at radius 3 is 2.71 bits per heavy atom. The first-order valence-corrected chi connectivity index (χ1v) is 10.9. The van der Waals surface area contributed by atoms with Gasteiger partial charge in [-0.15, -0.1) is 0 Å². The van der Waals surface area contributed by atoms with E-state index in [1.54, 1.807) is 4.68 Å². The molecule has 4 nitrogen and oxygen atoms in total. The fourth-order valence-electron chi connectivity index (χ4n) is 7.16. The van der Waals surface area contributed by atoms with Gasteiger partial charge in [-0.05, 0) is 79.8 Å². The van der Waals surface area contributed by atoms with Crippen molar-refractivity contribution in [1.82, 2.24) is 9.78 Å². The number of fused-ring (bicyclic) bond motifs is 5. The molecule has 150 valence electrons. The lowest BCUT2D eigenvalue weighted by Crippen LogP contribution is -2.50. The van der Waals surface area contributed by atoms with E-state index in [4.69, 9.17) is 0 Å². The summed E-state index contributed by atoms with van der Waals surface area (Å²) in [6, 6.07) is 0. The van der Waals surface area contributed by atoms with Gasteiger partial charge in [-0.2, -0.15) is 5.10 Å². The molecule has 3 saturated carbocycles. The molecule has 3 fully saturated rings. The van der Waals surface area contributed by atoms with Crippen LogP contribution in [-0.2, 0) is 11.8 Å². The number of allylic oxidation sites excluding steroid dienone is 2. The number of ketones is 1. The summed E-state index contributed by atoms with van der Waals surface area (Å²) in [7, 11) is 1.91. The highest BCUT2D eigenvalue weighted by molar-refractivity contribution is 6.05. The van der Waals surface area contributed by atoms with Gasteiger partial charge in [0.25, 0.3) is 0 Å². The highest BCUT2D eigenvalue weighted by atomic mass is 16.3. The lowest BCUT2D eigenvalue weighted by Gasteiger charge is -2.56. The maximum atomic E-state index is 13.4. The smallest absolute Gasteiger partial charge is 0.165 e.